The highest BCUT2D eigenvalue weighted by Gasteiger charge is 2.23. The lowest BCUT2D eigenvalue weighted by Crippen LogP contribution is -2.13. The number of esters is 1. The predicted octanol–water partition coefficient (Wildman–Crippen LogP) is 2.13. The fourth-order valence-corrected chi connectivity index (χ4v) is 2.97. The minimum absolute atomic E-state index is 0.284. The van der Waals surface area contributed by atoms with Gasteiger partial charge in [0.25, 0.3) is 0 Å². The third kappa shape index (κ3) is 2.25. The normalized spacial score (nSPS) is 17.4. The SMILES string of the molecule is COC(=O)c1sc(C2CCOCC2)nc1C. The Labute approximate surface area is 98.6 Å². The van der Waals surface area contributed by atoms with Gasteiger partial charge in [0, 0.05) is 19.1 Å². The fraction of sp³-hybridized carbons (Fsp3) is 0.636. The van der Waals surface area contributed by atoms with E-state index in [-0.39, 0.29) is 5.97 Å². The summed E-state index contributed by atoms with van der Waals surface area (Å²) in [4.78, 5) is 16.5. The van der Waals surface area contributed by atoms with Crippen molar-refractivity contribution in [2.24, 2.45) is 0 Å². The Balaban J connectivity index is 2.19. The van der Waals surface area contributed by atoms with Crippen LogP contribution >= 0.6 is 11.3 Å². The van der Waals surface area contributed by atoms with E-state index in [0.717, 1.165) is 36.8 Å². The average Bonchev–Trinajstić information content (AvgIpc) is 2.71. The van der Waals surface area contributed by atoms with Gasteiger partial charge in [-0.25, -0.2) is 9.78 Å². The van der Waals surface area contributed by atoms with Crippen LogP contribution in [0.15, 0.2) is 0 Å². The summed E-state index contributed by atoms with van der Waals surface area (Å²) in [7, 11) is 1.40. The minimum atomic E-state index is -0.284. The van der Waals surface area contributed by atoms with Gasteiger partial charge in [-0.1, -0.05) is 0 Å². The predicted molar refractivity (Wildman–Crippen MR) is 61.0 cm³/mol. The van der Waals surface area contributed by atoms with Crippen molar-refractivity contribution in [2.75, 3.05) is 20.3 Å². The number of ether oxygens (including phenoxy) is 2. The second-order valence-corrected chi connectivity index (χ2v) is 4.88. The van der Waals surface area contributed by atoms with Crippen molar-refractivity contribution in [3.63, 3.8) is 0 Å². The first-order chi connectivity index (χ1) is 7.72. The van der Waals surface area contributed by atoms with Gasteiger partial charge >= 0.3 is 5.97 Å². The zero-order valence-electron chi connectivity index (χ0n) is 9.49. The topological polar surface area (TPSA) is 48.4 Å². The summed E-state index contributed by atoms with van der Waals surface area (Å²) in [6.45, 7) is 3.43. The van der Waals surface area contributed by atoms with Crippen molar-refractivity contribution in [2.45, 2.75) is 25.7 Å². The fourth-order valence-electron chi connectivity index (χ4n) is 1.82. The number of carbonyl (C=O) groups is 1. The van der Waals surface area contributed by atoms with Crippen LogP contribution in [0.1, 0.15) is 39.1 Å². The van der Waals surface area contributed by atoms with Crippen molar-refractivity contribution < 1.29 is 14.3 Å². The highest BCUT2D eigenvalue weighted by atomic mass is 32.1. The number of thiazole rings is 1. The first-order valence-electron chi connectivity index (χ1n) is 5.35. The average molecular weight is 241 g/mol. The number of rotatable bonds is 2. The second-order valence-electron chi connectivity index (χ2n) is 3.84. The zero-order chi connectivity index (χ0) is 11.5. The summed E-state index contributed by atoms with van der Waals surface area (Å²) in [5, 5.41) is 1.04. The molecule has 5 heteroatoms. The maximum absolute atomic E-state index is 11.5. The molecule has 0 saturated carbocycles. The number of methoxy groups -OCH3 is 1. The molecule has 16 heavy (non-hydrogen) atoms. The molecular formula is C11H15NO3S. The Morgan fingerprint density at radius 2 is 2.19 bits per heavy atom. The van der Waals surface area contributed by atoms with E-state index in [0.29, 0.717) is 10.8 Å². The smallest absolute Gasteiger partial charge is 0.349 e. The lowest BCUT2D eigenvalue weighted by molar-refractivity contribution is 0.0605. The van der Waals surface area contributed by atoms with Crippen molar-refractivity contribution in [3.8, 4) is 0 Å². The molecule has 0 atom stereocenters. The molecule has 88 valence electrons. The van der Waals surface area contributed by atoms with Gasteiger partial charge in [0.05, 0.1) is 17.8 Å². The molecule has 1 aliphatic rings. The molecule has 1 aromatic heterocycles. The molecule has 0 bridgehead atoms. The van der Waals surface area contributed by atoms with Gasteiger partial charge in [-0.05, 0) is 19.8 Å². The van der Waals surface area contributed by atoms with Crippen LogP contribution in [0.4, 0.5) is 0 Å². The van der Waals surface area contributed by atoms with E-state index >= 15 is 0 Å². The van der Waals surface area contributed by atoms with Crippen LogP contribution in [0.5, 0.6) is 0 Å². The molecule has 0 aliphatic carbocycles. The molecule has 1 aromatic rings. The van der Waals surface area contributed by atoms with Crippen LogP contribution in [0.25, 0.3) is 0 Å². The lowest BCUT2D eigenvalue weighted by atomic mass is 10.0. The van der Waals surface area contributed by atoms with Crippen LogP contribution in [0.2, 0.25) is 0 Å². The van der Waals surface area contributed by atoms with Crippen molar-refractivity contribution in [1.82, 2.24) is 4.98 Å². The summed E-state index contributed by atoms with van der Waals surface area (Å²) >= 11 is 1.46. The van der Waals surface area contributed by atoms with Crippen LogP contribution < -0.4 is 0 Å². The van der Waals surface area contributed by atoms with E-state index in [9.17, 15) is 4.79 Å². The number of carbonyl (C=O) groups excluding carboxylic acids is 1. The van der Waals surface area contributed by atoms with Gasteiger partial charge in [-0.3, -0.25) is 0 Å². The first-order valence-corrected chi connectivity index (χ1v) is 6.17. The minimum Gasteiger partial charge on any atom is -0.465 e. The number of aryl methyl sites for hydroxylation is 1. The van der Waals surface area contributed by atoms with Gasteiger partial charge < -0.3 is 9.47 Å². The maximum Gasteiger partial charge on any atom is 0.349 e. The summed E-state index contributed by atoms with van der Waals surface area (Å²) in [6, 6.07) is 0. The highest BCUT2D eigenvalue weighted by molar-refractivity contribution is 7.13. The van der Waals surface area contributed by atoms with Crippen LogP contribution in [-0.2, 0) is 9.47 Å². The monoisotopic (exact) mass is 241 g/mol. The maximum atomic E-state index is 11.5. The van der Waals surface area contributed by atoms with Crippen molar-refractivity contribution in [3.05, 3.63) is 15.6 Å². The summed E-state index contributed by atoms with van der Waals surface area (Å²) < 4.78 is 10.0. The van der Waals surface area contributed by atoms with E-state index in [1.807, 2.05) is 6.92 Å². The largest absolute Gasteiger partial charge is 0.465 e. The molecule has 0 spiro atoms. The summed E-state index contributed by atoms with van der Waals surface area (Å²) in [5.41, 5.74) is 0.776. The van der Waals surface area contributed by atoms with E-state index in [1.54, 1.807) is 0 Å². The van der Waals surface area contributed by atoms with Crippen LogP contribution in [-0.4, -0.2) is 31.3 Å². The Kier molecular flexibility index (Phi) is 3.56. The Morgan fingerprint density at radius 1 is 1.50 bits per heavy atom. The van der Waals surface area contributed by atoms with E-state index in [1.165, 1.54) is 18.4 Å². The van der Waals surface area contributed by atoms with Crippen LogP contribution in [0.3, 0.4) is 0 Å². The molecule has 2 heterocycles. The van der Waals surface area contributed by atoms with E-state index in [4.69, 9.17) is 9.47 Å². The number of aromatic nitrogens is 1. The summed E-state index contributed by atoms with van der Waals surface area (Å²) in [6.07, 6.45) is 1.99. The molecule has 1 fully saturated rings. The van der Waals surface area contributed by atoms with E-state index in [2.05, 4.69) is 4.98 Å². The molecule has 0 amide bonds. The molecule has 1 saturated heterocycles. The van der Waals surface area contributed by atoms with Crippen LogP contribution in [0, 0.1) is 6.92 Å². The zero-order valence-corrected chi connectivity index (χ0v) is 10.3. The van der Waals surface area contributed by atoms with Gasteiger partial charge in [0.2, 0.25) is 0 Å². The highest BCUT2D eigenvalue weighted by Crippen LogP contribution is 2.31. The molecule has 1 aliphatic heterocycles. The Hall–Kier alpha value is -0.940. The summed E-state index contributed by atoms with van der Waals surface area (Å²) in [5.74, 6) is 0.157. The lowest BCUT2D eigenvalue weighted by Gasteiger charge is -2.19. The Morgan fingerprint density at radius 3 is 2.81 bits per heavy atom. The van der Waals surface area contributed by atoms with Crippen molar-refractivity contribution >= 4 is 17.3 Å². The van der Waals surface area contributed by atoms with Gasteiger partial charge in [-0.15, -0.1) is 11.3 Å². The number of hydrogen-bond donors (Lipinski definition) is 0. The second kappa shape index (κ2) is 4.93. The molecular weight excluding hydrogens is 226 g/mol. The van der Waals surface area contributed by atoms with E-state index < -0.39 is 0 Å². The quantitative estimate of drug-likeness (QED) is 0.744. The standard InChI is InChI=1S/C11H15NO3S/c1-7-9(11(13)14-2)16-10(12-7)8-3-5-15-6-4-8/h8H,3-6H2,1-2H3. The van der Waals surface area contributed by atoms with Gasteiger partial charge in [0.15, 0.2) is 0 Å². The third-order valence-electron chi connectivity index (χ3n) is 2.75. The molecule has 0 N–H and O–H groups in total. The molecule has 0 radical (unpaired) electrons. The third-order valence-corrected chi connectivity index (χ3v) is 4.05. The Bertz CT molecular complexity index is 383. The number of hydrogen-bond acceptors (Lipinski definition) is 5. The molecule has 0 unspecified atom stereocenters. The van der Waals surface area contributed by atoms with Crippen molar-refractivity contribution in [1.29, 1.82) is 0 Å². The molecule has 0 aromatic carbocycles. The molecule has 2 rings (SSSR count). The number of nitrogens with zero attached hydrogens (tertiary/aromatic N) is 1. The van der Waals surface area contributed by atoms with Gasteiger partial charge in [0.1, 0.15) is 4.88 Å². The first kappa shape index (κ1) is 11.5. The van der Waals surface area contributed by atoms with Gasteiger partial charge in [-0.2, -0.15) is 0 Å². The molecule has 4 nitrogen and oxygen atoms in total.